The standard InChI is InChI=1S/C19H21N3O3/c1-3-25-16-7-5-15(6-8-16)22-12-14(10-18(22)23)19(24)21-17-9-4-13(2)11-20-17/h4-9,11,14H,3,10,12H2,1-2H3,(H,20,21,24). The molecule has 1 aliphatic heterocycles. The maximum Gasteiger partial charge on any atom is 0.230 e. The number of hydrogen-bond donors (Lipinski definition) is 1. The Hall–Kier alpha value is -2.89. The molecule has 130 valence electrons. The molecule has 1 saturated heterocycles. The van der Waals surface area contributed by atoms with Crippen molar-refractivity contribution in [3.63, 3.8) is 0 Å². The van der Waals surface area contributed by atoms with E-state index in [4.69, 9.17) is 4.74 Å². The van der Waals surface area contributed by atoms with Gasteiger partial charge in [-0.1, -0.05) is 6.07 Å². The molecule has 6 heteroatoms. The van der Waals surface area contributed by atoms with Crippen molar-refractivity contribution < 1.29 is 14.3 Å². The number of benzene rings is 1. The summed E-state index contributed by atoms with van der Waals surface area (Å²) in [5.74, 6) is 0.640. The predicted octanol–water partition coefficient (Wildman–Crippen LogP) is 2.78. The first-order valence-corrected chi connectivity index (χ1v) is 8.33. The molecule has 1 N–H and O–H groups in total. The van der Waals surface area contributed by atoms with Crippen molar-refractivity contribution in [3.05, 3.63) is 48.2 Å². The van der Waals surface area contributed by atoms with E-state index in [1.807, 2.05) is 44.2 Å². The lowest BCUT2D eigenvalue weighted by Gasteiger charge is -2.17. The molecule has 1 aromatic carbocycles. The second-order valence-corrected chi connectivity index (χ2v) is 6.04. The maximum atomic E-state index is 12.4. The summed E-state index contributed by atoms with van der Waals surface area (Å²) in [5.41, 5.74) is 1.80. The van der Waals surface area contributed by atoms with Crippen molar-refractivity contribution in [2.45, 2.75) is 20.3 Å². The molecule has 6 nitrogen and oxygen atoms in total. The van der Waals surface area contributed by atoms with Crippen LogP contribution in [-0.4, -0.2) is 29.9 Å². The monoisotopic (exact) mass is 339 g/mol. The summed E-state index contributed by atoms with van der Waals surface area (Å²) >= 11 is 0. The number of aromatic nitrogens is 1. The predicted molar refractivity (Wildman–Crippen MR) is 95.7 cm³/mol. The van der Waals surface area contributed by atoms with E-state index in [-0.39, 0.29) is 24.2 Å². The fourth-order valence-electron chi connectivity index (χ4n) is 2.79. The summed E-state index contributed by atoms with van der Waals surface area (Å²) in [6.07, 6.45) is 1.90. The summed E-state index contributed by atoms with van der Waals surface area (Å²) in [6, 6.07) is 11.0. The second kappa shape index (κ2) is 7.34. The highest BCUT2D eigenvalue weighted by molar-refractivity contribution is 6.03. The zero-order valence-electron chi connectivity index (χ0n) is 14.4. The number of amides is 2. The van der Waals surface area contributed by atoms with Gasteiger partial charge in [-0.25, -0.2) is 4.98 Å². The minimum atomic E-state index is -0.387. The maximum absolute atomic E-state index is 12.4. The van der Waals surface area contributed by atoms with Gasteiger partial charge in [0.15, 0.2) is 0 Å². The highest BCUT2D eigenvalue weighted by Crippen LogP contribution is 2.27. The lowest BCUT2D eigenvalue weighted by atomic mass is 10.1. The van der Waals surface area contributed by atoms with Gasteiger partial charge < -0.3 is 15.0 Å². The van der Waals surface area contributed by atoms with Crippen LogP contribution in [0.25, 0.3) is 0 Å². The minimum Gasteiger partial charge on any atom is -0.494 e. The van der Waals surface area contributed by atoms with Crippen LogP contribution < -0.4 is 15.0 Å². The average Bonchev–Trinajstić information content (AvgIpc) is 3.00. The molecule has 1 unspecified atom stereocenters. The number of carbonyl (C=O) groups excluding carboxylic acids is 2. The molecule has 1 aliphatic rings. The molecule has 1 aromatic heterocycles. The van der Waals surface area contributed by atoms with Crippen molar-refractivity contribution >= 4 is 23.3 Å². The third kappa shape index (κ3) is 3.96. The Balaban J connectivity index is 1.65. The SMILES string of the molecule is CCOc1ccc(N2CC(C(=O)Nc3ccc(C)cn3)CC2=O)cc1. The minimum absolute atomic E-state index is 0.0545. The Morgan fingerprint density at radius 2 is 2.04 bits per heavy atom. The normalized spacial score (nSPS) is 16.8. The van der Waals surface area contributed by atoms with Crippen molar-refractivity contribution in [3.8, 4) is 5.75 Å². The van der Waals surface area contributed by atoms with Gasteiger partial charge in [0.25, 0.3) is 0 Å². The third-order valence-corrected chi connectivity index (χ3v) is 4.12. The van der Waals surface area contributed by atoms with E-state index in [9.17, 15) is 9.59 Å². The summed E-state index contributed by atoms with van der Waals surface area (Å²) in [6.45, 7) is 4.81. The van der Waals surface area contributed by atoms with Crippen molar-refractivity contribution in [2.75, 3.05) is 23.4 Å². The average molecular weight is 339 g/mol. The molecule has 25 heavy (non-hydrogen) atoms. The number of rotatable bonds is 5. The van der Waals surface area contributed by atoms with Crippen LogP contribution in [0, 0.1) is 12.8 Å². The van der Waals surface area contributed by atoms with E-state index < -0.39 is 0 Å². The number of nitrogens with one attached hydrogen (secondary N) is 1. The Kier molecular flexibility index (Phi) is 4.97. The molecule has 3 rings (SSSR count). The number of ether oxygens (including phenoxy) is 1. The van der Waals surface area contributed by atoms with Gasteiger partial charge in [-0.05, 0) is 49.7 Å². The Bertz CT molecular complexity index is 756. The van der Waals surface area contributed by atoms with Gasteiger partial charge in [0.2, 0.25) is 11.8 Å². The van der Waals surface area contributed by atoms with E-state index in [0.717, 1.165) is 17.0 Å². The second-order valence-electron chi connectivity index (χ2n) is 6.04. The number of aryl methyl sites for hydroxylation is 1. The van der Waals surface area contributed by atoms with Crippen LogP contribution in [0.15, 0.2) is 42.6 Å². The molecule has 0 saturated carbocycles. The zero-order valence-corrected chi connectivity index (χ0v) is 14.4. The van der Waals surface area contributed by atoms with Crippen LogP contribution in [0.3, 0.4) is 0 Å². The molecule has 0 aliphatic carbocycles. The first-order valence-electron chi connectivity index (χ1n) is 8.33. The molecule has 2 amide bonds. The van der Waals surface area contributed by atoms with E-state index in [1.165, 1.54) is 0 Å². The van der Waals surface area contributed by atoms with E-state index in [1.54, 1.807) is 17.2 Å². The number of carbonyl (C=O) groups is 2. The molecule has 0 bridgehead atoms. The van der Waals surface area contributed by atoms with Gasteiger partial charge in [-0.2, -0.15) is 0 Å². The molecule has 0 radical (unpaired) electrons. The summed E-state index contributed by atoms with van der Waals surface area (Å²) in [5, 5.41) is 2.78. The fraction of sp³-hybridized carbons (Fsp3) is 0.316. The largest absolute Gasteiger partial charge is 0.494 e. The van der Waals surface area contributed by atoms with Crippen LogP contribution >= 0.6 is 0 Å². The topological polar surface area (TPSA) is 71.5 Å². The summed E-state index contributed by atoms with van der Waals surface area (Å²) in [4.78, 5) is 30.5. The Morgan fingerprint density at radius 3 is 2.68 bits per heavy atom. The lowest BCUT2D eigenvalue weighted by molar-refractivity contribution is -0.122. The van der Waals surface area contributed by atoms with Gasteiger partial charge in [-0.15, -0.1) is 0 Å². The molecule has 1 fully saturated rings. The zero-order chi connectivity index (χ0) is 17.8. The molecular formula is C19H21N3O3. The van der Waals surface area contributed by atoms with E-state index in [2.05, 4.69) is 10.3 Å². The summed E-state index contributed by atoms with van der Waals surface area (Å²) < 4.78 is 5.41. The van der Waals surface area contributed by atoms with Gasteiger partial charge >= 0.3 is 0 Å². The van der Waals surface area contributed by atoms with Crippen LogP contribution in [-0.2, 0) is 9.59 Å². The molecule has 2 aromatic rings. The molecular weight excluding hydrogens is 318 g/mol. The van der Waals surface area contributed by atoms with Crippen molar-refractivity contribution in [1.29, 1.82) is 0 Å². The smallest absolute Gasteiger partial charge is 0.230 e. The number of nitrogens with zero attached hydrogens (tertiary/aromatic N) is 2. The van der Waals surface area contributed by atoms with E-state index in [0.29, 0.717) is 19.0 Å². The molecule has 2 heterocycles. The van der Waals surface area contributed by atoms with Gasteiger partial charge in [-0.3, -0.25) is 9.59 Å². The van der Waals surface area contributed by atoms with Crippen molar-refractivity contribution in [1.82, 2.24) is 4.98 Å². The number of anilines is 2. The Labute approximate surface area is 146 Å². The van der Waals surface area contributed by atoms with E-state index >= 15 is 0 Å². The van der Waals surface area contributed by atoms with Crippen LogP contribution in [0.4, 0.5) is 11.5 Å². The first kappa shape index (κ1) is 17.0. The van der Waals surface area contributed by atoms with Crippen LogP contribution in [0.1, 0.15) is 18.9 Å². The highest BCUT2D eigenvalue weighted by Gasteiger charge is 2.35. The fourth-order valence-corrected chi connectivity index (χ4v) is 2.79. The Morgan fingerprint density at radius 1 is 1.28 bits per heavy atom. The van der Waals surface area contributed by atoms with Gasteiger partial charge in [0.1, 0.15) is 11.6 Å². The number of pyridine rings is 1. The van der Waals surface area contributed by atoms with Gasteiger partial charge in [0.05, 0.1) is 12.5 Å². The highest BCUT2D eigenvalue weighted by atomic mass is 16.5. The molecule has 0 spiro atoms. The molecule has 1 atom stereocenters. The van der Waals surface area contributed by atoms with Gasteiger partial charge in [0, 0.05) is 24.8 Å². The first-order chi connectivity index (χ1) is 12.1. The van der Waals surface area contributed by atoms with Crippen molar-refractivity contribution in [2.24, 2.45) is 5.92 Å². The number of hydrogen-bond acceptors (Lipinski definition) is 4. The summed E-state index contributed by atoms with van der Waals surface area (Å²) in [7, 11) is 0. The van der Waals surface area contributed by atoms with Crippen LogP contribution in [0.5, 0.6) is 5.75 Å². The quantitative estimate of drug-likeness (QED) is 0.909. The van der Waals surface area contributed by atoms with Crippen LogP contribution in [0.2, 0.25) is 0 Å². The lowest BCUT2D eigenvalue weighted by Crippen LogP contribution is -2.28. The third-order valence-electron chi connectivity index (χ3n) is 4.12.